The lowest BCUT2D eigenvalue weighted by Crippen LogP contribution is -2.41. The quantitative estimate of drug-likeness (QED) is 0.681. The van der Waals surface area contributed by atoms with Gasteiger partial charge in [0.15, 0.2) is 5.82 Å². The Labute approximate surface area is 156 Å². The van der Waals surface area contributed by atoms with Gasteiger partial charge < -0.3 is 10.4 Å². The highest BCUT2D eigenvalue weighted by Crippen LogP contribution is 2.27. The van der Waals surface area contributed by atoms with Gasteiger partial charge in [0.2, 0.25) is 5.91 Å². The lowest BCUT2D eigenvalue weighted by molar-refractivity contribution is -0.123. The average Bonchev–Trinajstić information content (AvgIpc) is 3.39. The van der Waals surface area contributed by atoms with Crippen molar-refractivity contribution in [1.29, 1.82) is 0 Å². The minimum atomic E-state index is -0.537. The fourth-order valence-electron chi connectivity index (χ4n) is 3.59. The van der Waals surface area contributed by atoms with Gasteiger partial charge in [0, 0.05) is 24.5 Å². The van der Waals surface area contributed by atoms with E-state index in [1.54, 1.807) is 12.5 Å². The van der Waals surface area contributed by atoms with Crippen molar-refractivity contribution in [2.75, 3.05) is 0 Å². The number of aliphatic hydroxyl groups is 1. The maximum atomic E-state index is 12.4. The molecular formula is C19H22N6O2. The van der Waals surface area contributed by atoms with Crippen molar-refractivity contribution in [3.63, 3.8) is 0 Å². The Balaban J connectivity index is 1.31. The van der Waals surface area contributed by atoms with Crippen LogP contribution < -0.4 is 5.32 Å². The van der Waals surface area contributed by atoms with Gasteiger partial charge in [-0.15, -0.1) is 0 Å². The van der Waals surface area contributed by atoms with Crippen LogP contribution >= 0.6 is 0 Å². The Bertz CT molecular complexity index is 877. The number of carbonyl (C=O) groups is 1. The summed E-state index contributed by atoms with van der Waals surface area (Å²) in [5.74, 6) is 0.702. The zero-order valence-electron chi connectivity index (χ0n) is 14.8. The predicted molar refractivity (Wildman–Crippen MR) is 98.3 cm³/mol. The summed E-state index contributed by atoms with van der Waals surface area (Å²) in [5.41, 5.74) is 0.907. The minimum absolute atomic E-state index is 0.0763. The second-order valence-electron chi connectivity index (χ2n) is 6.94. The molecule has 1 fully saturated rings. The third kappa shape index (κ3) is 4.22. The molecule has 140 valence electrons. The van der Waals surface area contributed by atoms with Gasteiger partial charge in [-0.05, 0) is 24.8 Å². The van der Waals surface area contributed by atoms with Gasteiger partial charge in [-0.25, -0.2) is 9.67 Å². The number of nitrogens with one attached hydrogen (secondary N) is 1. The van der Waals surface area contributed by atoms with Crippen LogP contribution in [0.25, 0.3) is 11.4 Å². The summed E-state index contributed by atoms with van der Waals surface area (Å²) in [6.45, 7) is 0.826. The first-order chi connectivity index (χ1) is 13.2. The zero-order valence-corrected chi connectivity index (χ0v) is 14.8. The van der Waals surface area contributed by atoms with Crippen molar-refractivity contribution in [3.05, 3.63) is 55.1 Å². The van der Waals surface area contributed by atoms with Gasteiger partial charge in [0.1, 0.15) is 12.9 Å². The SMILES string of the molecule is O=C(Cn1cnc(-c2ccccc2)n1)N[C@@H]1CC(Cn2cccn2)C[C@H]1O. The predicted octanol–water partition coefficient (Wildman–Crippen LogP) is 1.10. The van der Waals surface area contributed by atoms with E-state index in [4.69, 9.17) is 0 Å². The molecule has 2 N–H and O–H groups in total. The van der Waals surface area contributed by atoms with E-state index in [1.165, 1.54) is 4.68 Å². The molecule has 1 aliphatic carbocycles. The van der Waals surface area contributed by atoms with Crippen LogP contribution in [0.1, 0.15) is 12.8 Å². The van der Waals surface area contributed by atoms with E-state index in [-0.39, 0.29) is 18.5 Å². The molecule has 2 aromatic heterocycles. The lowest BCUT2D eigenvalue weighted by Gasteiger charge is -2.16. The molecule has 1 aliphatic rings. The van der Waals surface area contributed by atoms with Crippen LogP contribution in [0, 0.1) is 5.92 Å². The van der Waals surface area contributed by atoms with Crippen LogP contribution in [0.4, 0.5) is 0 Å². The molecule has 0 radical (unpaired) electrons. The summed E-state index contributed by atoms with van der Waals surface area (Å²) in [6, 6.07) is 11.3. The molecule has 4 rings (SSSR count). The number of carbonyl (C=O) groups excluding carboxylic acids is 1. The van der Waals surface area contributed by atoms with Crippen LogP contribution in [-0.4, -0.2) is 47.7 Å². The van der Waals surface area contributed by atoms with E-state index < -0.39 is 6.10 Å². The molecule has 8 heteroatoms. The lowest BCUT2D eigenvalue weighted by atomic mass is 10.1. The molecule has 1 aromatic carbocycles. The molecule has 0 spiro atoms. The van der Waals surface area contributed by atoms with Gasteiger partial charge in [-0.1, -0.05) is 30.3 Å². The highest BCUT2D eigenvalue weighted by molar-refractivity contribution is 5.76. The van der Waals surface area contributed by atoms with Crippen molar-refractivity contribution >= 4 is 5.91 Å². The summed E-state index contributed by atoms with van der Waals surface area (Å²) >= 11 is 0. The molecule has 0 saturated heterocycles. The number of hydrogen-bond donors (Lipinski definition) is 2. The maximum absolute atomic E-state index is 12.4. The molecule has 0 aliphatic heterocycles. The van der Waals surface area contributed by atoms with Gasteiger partial charge in [0.25, 0.3) is 0 Å². The van der Waals surface area contributed by atoms with Crippen molar-refractivity contribution < 1.29 is 9.90 Å². The fraction of sp³-hybridized carbons (Fsp3) is 0.368. The van der Waals surface area contributed by atoms with E-state index in [0.717, 1.165) is 18.5 Å². The Morgan fingerprint density at radius 2 is 2.04 bits per heavy atom. The first-order valence-corrected chi connectivity index (χ1v) is 9.07. The molecule has 27 heavy (non-hydrogen) atoms. The first kappa shape index (κ1) is 17.4. The normalized spacial score (nSPS) is 22.0. The van der Waals surface area contributed by atoms with Crippen molar-refractivity contribution in [2.24, 2.45) is 5.92 Å². The van der Waals surface area contributed by atoms with Gasteiger partial charge >= 0.3 is 0 Å². The Morgan fingerprint density at radius 1 is 1.19 bits per heavy atom. The number of hydrogen-bond acceptors (Lipinski definition) is 5. The molecule has 0 bridgehead atoms. The molecule has 3 atom stereocenters. The smallest absolute Gasteiger partial charge is 0.242 e. The number of amides is 1. The van der Waals surface area contributed by atoms with Crippen LogP contribution in [0.3, 0.4) is 0 Å². The summed E-state index contributed by atoms with van der Waals surface area (Å²) in [4.78, 5) is 16.6. The fourth-order valence-corrected chi connectivity index (χ4v) is 3.59. The largest absolute Gasteiger partial charge is 0.391 e. The third-order valence-electron chi connectivity index (χ3n) is 4.85. The molecule has 2 heterocycles. The van der Waals surface area contributed by atoms with Crippen LogP contribution in [0.2, 0.25) is 0 Å². The van der Waals surface area contributed by atoms with E-state index >= 15 is 0 Å². The minimum Gasteiger partial charge on any atom is -0.391 e. The second-order valence-corrected chi connectivity index (χ2v) is 6.94. The Kier molecular flexibility index (Phi) is 4.97. The number of rotatable bonds is 6. The standard InChI is InChI=1S/C19H22N6O2/c26-17-10-14(11-24-8-4-7-21-24)9-16(17)22-18(27)12-25-13-20-19(23-25)15-5-2-1-3-6-15/h1-8,13-14,16-17,26H,9-12H2,(H,22,27)/t14?,16-,17-/m1/s1. The summed E-state index contributed by atoms with van der Waals surface area (Å²) in [6.07, 6.45) is 6.06. The topological polar surface area (TPSA) is 97.9 Å². The van der Waals surface area contributed by atoms with Crippen LogP contribution in [-0.2, 0) is 17.9 Å². The number of aliphatic hydroxyl groups excluding tert-OH is 1. The monoisotopic (exact) mass is 366 g/mol. The van der Waals surface area contributed by atoms with Crippen molar-refractivity contribution in [2.45, 2.75) is 38.1 Å². The Morgan fingerprint density at radius 3 is 2.81 bits per heavy atom. The molecule has 1 saturated carbocycles. The first-order valence-electron chi connectivity index (χ1n) is 9.07. The second kappa shape index (κ2) is 7.71. The van der Waals surface area contributed by atoms with Crippen molar-refractivity contribution in [1.82, 2.24) is 29.9 Å². The average molecular weight is 366 g/mol. The van der Waals surface area contributed by atoms with Gasteiger partial charge in [0.05, 0.1) is 12.1 Å². The van der Waals surface area contributed by atoms with Crippen molar-refractivity contribution in [3.8, 4) is 11.4 Å². The highest BCUT2D eigenvalue weighted by Gasteiger charge is 2.34. The van der Waals surface area contributed by atoms with E-state index in [2.05, 4.69) is 20.5 Å². The van der Waals surface area contributed by atoms with Gasteiger partial charge in [-0.2, -0.15) is 10.2 Å². The number of benzene rings is 1. The maximum Gasteiger partial charge on any atom is 0.242 e. The Hall–Kier alpha value is -3.00. The molecular weight excluding hydrogens is 344 g/mol. The van der Waals surface area contributed by atoms with Crippen LogP contribution in [0.5, 0.6) is 0 Å². The third-order valence-corrected chi connectivity index (χ3v) is 4.85. The molecule has 3 aromatic rings. The molecule has 8 nitrogen and oxygen atoms in total. The molecule has 1 amide bonds. The van der Waals surface area contributed by atoms with E-state index in [1.807, 2.05) is 47.3 Å². The highest BCUT2D eigenvalue weighted by atomic mass is 16.3. The summed E-state index contributed by atoms with van der Waals surface area (Å²) in [7, 11) is 0. The number of nitrogens with zero attached hydrogens (tertiary/aromatic N) is 5. The molecule has 1 unspecified atom stereocenters. The van der Waals surface area contributed by atoms with Crippen LogP contribution in [0.15, 0.2) is 55.1 Å². The zero-order chi connectivity index (χ0) is 18.6. The number of aromatic nitrogens is 5. The van der Waals surface area contributed by atoms with Gasteiger partial charge in [-0.3, -0.25) is 9.48 Å². The summed E-state index contributed by atoms with van der Waals surface area (Å²) in [5, 5.41) is 21.8. The summed E-state index contributed by atoms with van der Waals surface area (Å²) < 4.78 is 3.38. The van der Waals surface area contributed by atoms with E-state index in [9.17, 15) is 9.90 Å². The van der Waals surface area contributed by atoms with E-state index in [0.29, 0.717) is 18.2 Å².